The molecule has 9 heteroatoms. The maximum atomic E-state index is 15.7. The second kappa shape index (κ2) is 12.7. The van der Waals surface area contributed by atoms with Crippen molar-refractivity contribution in [1.82, 2.24) is 9.21 Å². The van der Waals surface area contributed by atoms with Crippen molar-refractivity contribution in [2.45, 2.75) is 50.7 Å². The number of fused-ring (bicyclic) bond motifs is 3. The van der Waals surface area contributed by atoms with Gasteiger partial charge >= 0.3 is 15.9 Å². The number of nitrogens with zero attached hydrogens (tertiary/aromatic N) is 1. The lowest BCUT2D eigenvalue weighted by Crippen LogP contribution is -2.55. The maximum absolute atomic E-state index is 15.7. The van der Waals surface area contributed by atoms with E-state index in [-0.39, 0.29) is 41.9 Å². The molecule has 0 fully saturated rings. The van der Waals surface area contributed by atoms with Gasteiger partial charge in [0.05, 0.1) is 19.5 Å². The summed E-state index contributed by atoms with van der Waals surface area (Å²) in [4.78, 5) is 27.9. The zero-order valence-corrected chi connectivity index (χ0v) is 25.8. The number of amides is 2. The predicted octanol–water partition coefficient (Wildman–Crippen LogP) is 6.72. The van der Waals surface area contributed by atoms with E-state index < -0.39 is 31.7 Å². The van der Waals surface area contributed by atoms with Crippen LogP contribution in [-0.4, -0.2) is 27.3 Å². The van der Waals surface area contributed by atoms with Gasteiger partial charge in [0.25, 0.3) is 5.91 Å². The molecule has 0 radical (unpaired) electrons. The minimum Gasteiger partial charge on any atom is -0.489 e. The molecule has 2 atom stereocenters. The van der Waals surface area contributed by atoms with Crippen LogP contribution in [0.15, 0.2) is 102 Å². The van der Waals surface area contributed by atoms with Gasteiger partial charge in [-0.25, -0.2) is 9.18 Å². The first-order valence-corrected chi connectivity index (χ1v) is 16.1. The van der Waals surface area contributed by atoms with Gasteiger partial charge in [-0.1, -0.05) is 68.4 Å². The van der Waals surface area contributed by atoms with Gasteiger partial charge in [0.2, 0.25) is 0 Å². The van der Waals surface area contributed by atoms with E-state index >= 15 is 4.39 Å². The van der Waals surface area contributed by atoms with Crippen molar-refractivity contribution in [1.29, 1.82) is 0 Å². The summed E-state index contributed by atoms with van der Waals surface area (Å²) >= 11 is 0. The highest BCUT2D eigenvalue weighted by Crippen LogP contribution is 2.37. The molecule has 7 nitrogen and oxygen atoms in total. The number of sulfonamides is 1. The lowest BCUT2D eigenvalue weighted by atomic mass is 9.94. The van der Waals surface area contributed by atoms with E-state index in [1.54, 1.807) is 30.3 Å². The van der Waals surface area contributed by atoms with Gasteiger partial charge in [0.15, 0.2) is 11.5 Å². The number of ether oxygens (including phenoxy) is 1. The molecule has 5 rings (SSSR count). The van der Waals surface area contributed by atoms with Crippen LogP contribution in [0, 0.1) is 11.7 Å². The lowest BCUT2D eigenvalue weighted by molar-refractivity contribution is -0.125. The summed E-state index contributed by atoms with van der Waals surface area (Å²) in [5.41, 5.74) is 1.95. The molecule has 44 heavy (non-hydrogen) atoms. The van der Waals surface area contributed by atoms with E-state index in [9.17, 15) is 18.0 Å². The molecule has 0 saturated heterocycles. The van der Waals surface area contributed by atoms with Crippen molar-refractivity contribution in [2.24, 2.45) is 5.92 Å². The van der Waals surface area contributed by atoms with E-state index in [0.29, 0.717) is 28.9 Å². The number of carbonyl (C=O) groups excluding carboxylic acids is 2. The Hall–Kier alpha value is -4.34. The van der Waals surface area contributed by atoms with Gasteiger partial charge in [-0.15, -0.1) is 3.89 Å². The average Bonchev–Trinajstić information content (AvgIpc) is 3.02. The topological polar surface area (TPSA) is 89.5 Å². The van der Waals surface area contributed by atoms with Crippen molar-refractivity contribution in [3.05, 3.63) is 125 Å². The number of para-hydroxylation sites is 1. The van der Waals surface area contributed by atoms with Gasteiger partial charge in [0, 0.05) is 11.6 Å². The summed E-state index contributed by atoms with van der Waals surface area (Å²) in [6.07, 6.45) is 0.337. The molecule has 4 aromatic carbocycles. The molecule has 228 valence electrons. The Kier molecular flexibility index (Phi) is 8.99. The van der Waals surface area contributed by atoms with Crippen LogP contribution in [0.4, 0.5) is 10.1 Å². The summed E-state index contributed by atoms with van der Waals surface area (Å²) < 4.78 is 48.7. The molecule has 1 aliphatic heterocycles. The third-order valence-corrected chi connectivity index (χ3v) is 10.2. The van der Waals surface area contributed by atoms with E-state index in [1.165, 1.54) is 37.4 Å². The van der Waals surface area contributed by atoms with E-state index in [4.69, 9.17) is 4.74 Å². The van der Waals surface area contributed by atoms with E-state index in [1.807, 2.05) is 50.2 Å². The quantitative estimate of drug-likeness (QED) is 0.233. The summed E-state index contributed by atoms with van der Waals surface area (Å²) in [7, 11) is -3.21. The lowest BCUT2D eigenvalue weighted by Gasteiger charge is -2.32. The highest BCUT2D eigenvalue weighted by atomic mass is 32.2. The molecule has 0 aliphatic carbocycles. The molecule has 0 aromatic heterocycles. The Balaban J connectivity index is 1.63. The number of carbonyl (C=O) groups is 2. The van der Waals surface area contributed by atoms with Crippen molar-refractivity contribution >= 4 is 27.5 Å². The van der Waals surface area contributed by atoms with Gasteiger partial charge in [-0.05, 0) is 71.8 Å². The number of hydrogen-bond donors (Lipinski definition) is 1. The normalized spacial score (nSPS) is 19.0. The fourth-order valence-corrected chi connectivity index (χ4v) is 7.22. The second-order valence-corrected chi connectivity index (χ2v) is 13.7. The molecular formula is C35H36FN2O5S+. The Morgan fingerprint density at radius 1 is 0.909 bits per heavy atom. The van der Waals surface area contributed by atoms with Gasteiger partial charge < -0.3 is 10.1 Å². The van der Waals surface area contributed by atoms with Crippen LogP contribution >= 0.6 is 0 Å². The van der Waals surface area contributed by atoms with Crippen LogP contribution in [0.2, 0.25) is 0 Å². The molecule has 4 aromatic rings. The number of rotatable bonds is 7. The Morgan fingerprint density at radius 2 is 1.59 bits per heavy atom. The first-order chi connectivity index (χ1) is 21.0. The Morgan fingerprint density at radius 3 is 2.27 bits per heavy atom. The largest absolute Gasteiger partial charge is 0.489 e. The average molecular weight is 616 g/mol. The molecule has 1 aliphatic rings. The second-order valence-electron chi connectivity index (χ2n) is 11.6. The number of hydrogen-bond acceptors (Lipinski definition) is 5. The minimum absolute atomic E-state index is 0.0791. The molecule has 1 N–H and O–H groups in total. The zero-order valence-electron chi connectivity index (χ0n) is 25.0. The standard InChI is InChI=1S/C35H35FN2O5S/c1-24(2)20-32-27-16-18-31(36)33(22-27)38(3,44(41,42)29-12-8-5-9-13-29)34(39)19-17-26-15-14-25(21-30(26)35(40)37-32)23-43-28-10-6-4-7-11-28/h4-16,18,21-22,24,32H,17,19-20,23H2,1-3H3/p+1. The van der Waals surface area contributed by atoms with Gasteiger partial charge in [-0.3, -0.25) is 4.79 Å². The van der Waals surface area contributed by atoms with Gasteiger partial charge in [-0.2, -0.15) is 8.42 Å². The third-order valence-electron chi connectivity index (χ3n) is 8.02. The van der Waals surface area contributed by atoms with Crippen LogP contribution in [0.25, 0.3) is 0 Å². The fraction of sp³-hybridized carbons (Fsp3) is 0.257. The zero-order chi connectivity index (χ0) is 31.5. The third kappa shape index (κ3) is 6.16. The van der Waals surface area contributed by atoms with Crippen LogP contribution in [0.3, 0.4) is 0 Å². The van der Waals surface area contributed by atoms with Crippen LogP contribution in [-0.2, 0) is 27.8 Å². The number of nitrogens with one attached hydrogen (secondary N) is 1. The number of halogens is 1. The Bertz CT molecular complexity index is 1780. The molecular weight excluding hydrogens is 579 g/mol. The SMILES string of the molecule is CC(C)CC1NC(=O)c2cc(COc3ccccc3)ccc2CCC(=O)[N+](C)(S(=O)(=O)c2ccccc2)c2cc1ccc2F. The van der Waals surface area contributed by atoms with Crippen LogP contribution in [0.1, 0.15) is 59.8 Å². The predicted molar refractivity (Wildman–Crippen MR) is 168 cm³/mol. The maximum Gasteiger partial charge on any atom is 0.339 e. The van der Waals surface area contributed by atoms with Crippen LogP contribution in [0.5, 0.6) is 5.75 Å². The van der Waals surface area contributed by atoms with Crippen molar-refractivity contribution < 1.29 is 27.1 Å². The summed E-state index contributed by atoms with van der Waals surface area (Å²) in [6, 6.07) is 25.8. The van der Waals surface area contributed by atoms with Crippen molar-refractivity contribution in [3.63, 3.8) is 0 Å². The van der Waals surface area contributed by atoms with Crippen molar-refractivity contribution in [2.75, 3.05) is 7.05 Å². The smallest absolute Gasteiger partial charge is 0.339 e. The molecule has 0 saturated carbocycles. The number of benzene rings is 4. The number of quaternary nitrogens is 1. The molecule has 0 spiro atoms. The van der Waals surface area contributed by atoms with E-state index in [0.717, 1.165) is 5.56 Å². The minimum atomic E-state index is -4.44. The highest BCUT2D eigenvalue weighted by Gasteiger charge is 2.50. The molecule has 1 heterocycles. The monoisotopic (exact) mass is 615 g/mol. The summed E-state index contributed by atoms with van der Waals surface area (Å²) in [5.74, 6) is -1.04. The first-order valence-electron chi connectivity index (χ1n) is 14.6. The number of aryl methyl sites for hydroxylation is 1. The van der Waals surface area contributed by atoms with E-state index in [2.05, 4.69) is 5.32 Å². The molecule has 2 unspecified atom stereocenters. The Labute approximate surface area is 257 Å². The summed E-state index contributed by atoms with van der Waals surface area (Å²) in [5, 5.41) is 3.12. The van der Waals surface area contributed by atoms with Crippen molar-refractivity contribution in [3.8, 4) is 5.75 Å². The summed E-state index contributed by atoms with van der Waals surface area (Å²) in [6.45, 7) is 4.23. The highest BCUT2D eigenvalue weighted by molar-refractivity contribution is 7.91. The molecule has 2 bridgehead atoms. The molecule has 2 amide bonds. The van der Waals surface area contributed by atoms with Crippen LogP contribution < -0.4 is 13.9 Å². The van der Waals surface area contributed by atoms with Gasteiger partial charge in [0.1, 0.15) is 17.3 Å². The first kappa shape index (κ1) is 31.1. The fourth-order valence-electron chi connectivity index (χ4n) is 5.54.